The summed E-state index contributed by atoms with van der Waals surface area (Å²) < 4.78 is 6.73. The van der Waals surface area contributed by atoms with E-state index in [0.717, 1.165) is 0 Å². The summed E-state index contributed by atoms with van der Waals surface area (Å²) in [5.74, 6) is 0.437. The zero-order valence-electron chi connectivity index (χ0n) is 10.5. The second-order valence-electron chi connectivity index (χ2n) is 4.76. The lowest BCUT2D eigenvalue weighted by Gasteiger charge is -2.25. The van der Waals surface area contributed by atoms with Gasteiger partial charge in [0, 0.05) is 19.2 Å². The van der Waals surface area contributed by atoms with Crippen molar-refractivity contribution in [3.8, 4) is 11.4 Å². The van der Waals surface area contributed by atoms with E-state index in [-0.39, 0.29) is 19.6 Å². The topological polar surface area (TPSA) is 129 Å². The van der Waals surface area contributed by atoms with Crippen LogP contribution in [0.2, 0.25) is 0 Å². The van der Waals surface area contributed by atoms with E-state index in [2.05, 4.69) is 20.3 Å². The van der Waals surface area contributed by atoms with Gasteiger partial charge in [0.2, 0.25) is 0 Å². The molecule has 1 fully saturated rings. The number of aromatic nitrogens is 5. The van der Waals surface area contributed by atoms with Gasteiger partial charge in [0.15, 0.2) is 12.1 Å². The largest absolute Gasteiger partial charge is 0.396 e. The van der Waals surface area contributed by atoms with Crippen LogP contribution in [-0.2, 0) is 4.74 Å². The molecule has 0 amide bonds. The van der Waals surface area contributed by atoms with Gasteiger partial charge in [0.05, 0.1) is 18.4 Å². The third-order valence-corrected chi connectivity index (χ3v) is 3.40. The van der Waals surface area contributed by atoms with Crippen molar-refractivity contribution in [1.29, 1.82) is 0 Å². The van der Waals surface area contributed by atoms with E-state index in [1.807, 2.05) is 0 Å². The lowest BCUT2D eigenvalue weighted by Crippen LogP contribution is -2.43. The number of hydrogen-bond donors (Lipinski definition) is 4. The number of aliphatic hydroxyl groups excluding tert-OH is 2. The van der Waals surface area contributed by atoms with Crippen LogP contribution in [0.4, 0.5) is 0 Å². The van der Waals surface area contributed by atoms with Gasteiger partial charge in [-0.2, -0.15) is 5.10 Å². The maximum Gasteiger partial charge on any atom is 0.184 e. The van der Waals surface area contributed by atoms with E-state index >= 15 is 0 Å². The molecular formula is C11H15N5O4. The minimum atomic E-state index is -1.47. The van der Waals surface area contributed by atoms with Gasteiger partial charge in [0.25, 0.3) is 0 Å². The highest BCUT2D eigenvalue weighted by molar-refractivity contribution is 5.50. The number of aromatic amines is 1. The fraction of sp³-hybridized carbons (Fsp3) is 0.545. The first-order valence-electron chi connectivity index (χ1n) is 6.17. The monoisotopic (exact) mass is 281 g/mol. The highest BCUT2D eigenvalue weighted by Gasteiger charge is 2.48. The predicted molar refractivity (Wildman–Crippen MR) is 65.3 cm³/mol. The van der Waals surface area contributed by atoms with Crippen molar-refractivity contribution < 1.29 is 20.1 Å². The van der Waals surface area contributed by atoms with Crippen LogP contribution < -0.4 is 0 Å². The Balaban J connectivity index is 1.81. The van der Waals surface area contributed by atoms with Crippen LogP contribution in [0.1, 0.15) is 12.6 Å². The zero-order valence-corrected chi connectivity index (χ0v) is 10.5. The lowest BCUT2D eigenvalue weighted by molar-refractivity contribution is -0.0735. The summed E-state index contributed by atoms with van der Waals surface area (Å²) in [5.41, 5.74) is -0.761. The molecule has 3 atom stereocenters. The summed E-state index contributed by atoms with van der Waals surface area (Å²) in [6.45, 7) is -0.304. The standard InChI is InChI=1S/C11H15N5O4/c17-2-1-11(19)5-20-10(8(11)18)16-6-12-9(15-16)7-3-13-14-4-7/h3-4,6,8,10,17-19H,1-2,5H2,(H,13,14)/t8?,10-,11?/m1/s1. The van der Waals surface area contributed by atoms with Gasteiger partial charge >= 0.3 is 0 Å². The molecule has 0 bridgehead atoms. The van der Waals surface area contributed by atoms with E-state index in [9.17, 15) is 10.2 Å². The highest BCUT2D eigenvalue weighted by atomic mass is 16.5. The molecule has 1 aliphatic heterocycles. The number of H-pyrrole nitrogens is 1. The van der Waals surface area contributed by atoms with Crippen LogP contribution in [0.3, 0.4) is 0 Å². The van der Waals surface area contributed by atoms with Crippen LogP contribution in [0.25, 0.3) is 11.4 Å². The smallest absolute Gasteiger partial charge is 0.184 e. The minimum Gasteiger partial charge on any atom is -0.396 e. The van der Waals surface area contributed by atoms with E-state index in [0.29, 0.717) is 11.4 Å². The zero-order chi connectivity index (χ0) is 14.2. The molecule has 3 heterocycles. The molecule has 0 spiro atoms. The average molecular weight is 281 g/mol. The molecule has 9 nitrogen and oxygen atoms in total. The fourth-order valence-electron chi connectivity index (χ4n) is 2.21. The molecule has 1 saturated heterocycles. The summed E-state index contributed by atoms with van der Waals surface area (Å²) in [5, 5.41) is 39.9. The van der Waals surface area contributed by atoms with Crippen molar-refractivity contribution in [2.45, 2.75) is 24.4 Å². The van der Waals surface area contributed by atoms with E-state index in [1.165, 1.54) is 11.0 Å². The molecule has 1 aliphatic rings. The number of nitrogens with zero attached hydrogens (tertiary/aromatic N) is 4. The Morgan fingerprint density at radius 1 is 1.55 bits per heavy atom. The number of rotatable bonds is 4. The number of aliphatic hydroxyl groups is 3. The van der Waals surface area contributed by atoms with Crippen molar-refractivity contribution >= 4 is 0 Å². The molecule has 3 rings (SSSR count). The Morgan fingerprint density at radius 3 is 3.10 bits per heavy atom. The maximum absolute atomic E-state index is 10.2. The quantitative estimate of drug-likeness (QED) is 0.546. The Bertz CT molecular complexity index is 571. The third kappa shape index (κ3) is 2.10. The van der Waals surface area contributed by atoms with Crippen LogP contribution in [-0.4, -0.2) is 65.2 Å². The lowest BCUT2D eigenvalue weighted by atomic mass is 9.95. The Hall–Kier alpha value is -1.81. The predicted octanol–water partition coefficient (Wildman–Crippen LogP) is -1.33. The second kappa shape index (κ2) is 4.94. The van der Waals surface area contributed by atoms with Gasteiger partial charge in [-0.25, -0.2) is 9.67 Å². The first-order valence-corrected chi connectivity index (χ1v) is 6.17. The first-order chi connectivity index (χ1) is 9.64. The van der Waals surface area contributed by atoms with Gasteiger partial charge < -0.3 is 20.1 Å². The molecule has 20 heavy (non-hydrogen) atoms. The maximum atomic E-state index is 10.2. The molecule has 2 aromatic heterocycles. The molecule has 108 valence electrons. The fourth-order valence-corrected chi connectivity index (χ4v) is 2.21. The number of ether oxygens (including phenoxy) is 1. The van der Waals surface area contributed by atoms with Gasteiger partial charge in [-0.3, -0.25) is 5.10 Å². The molecular weight excluding hydrogens is 266 g/mol. The molecule has 0 aliphatic carbocycles. The van der Waals surface area contributed by atoms with E-state index in [1.54, 1.807) is 12.4 Å². The van der Waals surface area contributed by atoms with Crippen LogP contribution >= 0.6 is 0 Å². The SMILES string of the molecule is OCCC1(O)CO[C@@H](n2cnc(-c3cn[nH]c3)n2)C1O. The Kier molecular flexibility index (Phi) is 3.26. The van der Waals surface area contributed by atoms with Crippen LogP contribution in [0, 0.1) is 0 Å². The van der Waals surface area contributed by atoms with Crippen molar-refractivity contribution in [3.05, 3.63) is 18.7 Å². The molecule has 0 aromatic carbocycles. The summed E-state index contributed by atoms with van der Waals surface area (Å²) in [6.07, 6.45) is 2.66. The van der Waals surface area contributed by atoms with Gasteiger partial charge in [0.1, 0.15) is 18.0 Å². The number of hydrogen-bond acceptors (Lipinski definition) is 7. The minimum absolute atomic E-state index is 0.0357. The molecule has 0 radical (unpaired) electrons. The second-order valence-corrected chi connectivity index (χ2v) is 4.76. The molecule has 0 saturated carbocycles. The first kappa shape index (κ1) is 13.2. The van der Waals surface area contributed by atoms with Crippen molar-refractivity contribution in [2.24, 2.45) is 0 Å². The van der Waals surface area contributed by atoms with E-state index < -0.39 is 17.9 Å². The van der Waals surface area contributed by atoms with Crippen molar-refractivity contribution in [2.75, 3.05) is 13.2 Å². The molecule has 2 aromatic rings. The van der Waals surface area contributed by atoms with Crippen molar-refractivity contribution in [1.82, 2.24) is 25.0 Å². The molecule has 9 heteroatoms. The van der Waals surface area contributed by atoms with Crippen LogP contribution in [0.5, 0.6) is 0 Å². The molecule has 2 unspecified atom stereocenters. The van der Waals surface area contributed by atoms with Gasteiger partial charge in [-0.15, -0.1) is 5.10 Å². The van der Waals surface area contributed by atoms with Gasteiger partial charge in [-0.1, -0.05) is 0 Å². The number of nitrogens with one attached hydrogen (secondary N) is 1. The van der Waals surface area contributed by atoms with Crippen LogP contribution in [0.15, 0.2) is 18.7 Å². The van der Waals surface area contributed by atoms with Gasteiger partial charge in [-0.05, 0) is 0 Å². The van der Waals surface area contributed by atoms with Crippen molar-refractivity contribution in [3.63, 3.8) is 0 Å². The Morgan fingerprint density at radius 2 is 2.40 bits per heavy atom. The average Bonchev–Trinajstić information content (AvgIpc) is 3.12. The summed E-state index contributed by atoms with van der Waals surface area (Å²) >= 11 is 0. The highest BCUT2D eigenvalue weighted by Crippen LogP contribution is 2.33. The molecule has 4 N–H and O–H groups in total. The normalized spacial score (nSPS) is 29.9. The van der Waals surface area contributed by atoms with E-state index in [4.69, 9.17) is 9.84 Å². The summed E-state index contributed by atoms with van der Waals surface area (Å²) in [7, 11) is 0. The summed E-state index contributed by atoms with van der Waals surface area (Å²) in [4.78, 5) is 4.10. The summed E-state index contributed by atoms with van der Waals surface area (Å²) in [6, 6.07) is 0. The Labute approximate surface area is 113 Å². The third-order valence-electron chi connectivity index (χ3n) is 3.40.